The molecule has 15 heavy (non-hydrogen) atoms. The molecule has 0 heterocycles. The van der Waals surface area contributed by atoms with Crippen molar-refractivity contribution in [3.8, 4) is 5.75 Å². The molecule has 0 aliphatic heterocycles. The van der Waals surface area contributed by atoms with E-state index in [1.54, 1.807) is 6.92 Å². The van der Waals surface area contributed by atoms with Crippen molar-refractivity contribution < 1.29 is 9.84 Å². The number of hydrogen-bond donors (Lipinski definition) is 1. The summed E-state index contributed by atoms with van der Waals surface area (Å²) >= 11 is 3.39. The molecule has 0 fully saturated rings. The number of aliphatic hydroxyl groups is 1. The lowest BCUT2D eigenvalue weighted by molar-refractivity contribution is 0.191. The van der Waals surface area contributed by atoms with Crippen LogP contribution in [0.2, 0.25) is 0 Å². The molecule has 84 valence electrons. The van der Waals surface area contributed by atoms with Crippen LogP contribution in [0, 0.1) is 0 Å². The minimum absolute atomic E-state index is 0.491. The van der Waals surface area contributed by atoms with Gasteiger partial charge in [0.15, 0.2) is 0 Å². The van der Waals surface area contributed by atoms with Crippen LogP contribution in [0.5, 0.6) is 5.75 Å². The fraction of sp³-hybridized carbons (Fsp3) is 0.500. The molecule has 0 radical (unpaired) electrons. The highest BCUT2D eigenvalue weighted by atomic mass is 79.9. The first-order valence-electron chi connectivity index (χ1n) is 5.25. The number of halogens is 1. The summed E-state index contributed by atoms with van der Waals surface area (Å²) in [5.74, 6) is 0.771. The molecule has 2 nitrogen and oxygen atoms in total. The van der Waals surface area contributed by atoms with E-state index < -0.39 is 6.10 Å². The fourth-order valence-corrected chi connectivity index (χ4v) is 1.64. The summed E-state index contributed by atoms with van der Waals surface area (Å²) in [7, 11) is 0. The summed E-state index contributed by atoms with van der Waals surface area (Å²) in [5, 5.41) is 9.56. The van der Waals surface area contributed by atoms with Crippen LogP contribution in [-0.2, 0) is 0 Å². The van der Waals surface area contributed by atoms with Gasteiger partial charge in [-0.15, -0.1) is 0 Å². The molecule has 0 aromatic heterocycles. The summed E-state index contributed by atoms with van der Waals surface area (Å²) in [6.45, 7) is 4.57. The monoisotopic (exact) mass is 272 g/mol. The van der Waals surface area contributed by atoms with Gasteiger partial charge in [0.25, 0.3) is 0 Å². The Labute approximate surface area is 99.4 Å². The second-order valence-corrected chi connectivity index (χ2v) is 4.48. The van der Waals surface area contributed by atoms with Crippen LogP contribution in [-0.4, -0.2) is 11.7 Å². The molecular weight excluding hydrogens is 256 g/mol. The molecule has 1 N–H and O–H groups in total. The van der Waals surface area contributed by atoms with E-state index in [9.17, 15) is 5.11 Å². The predicted molar refractivity (Wildman–Crippen MR) is 65.2 cm³/mol. The maximum absolute atomic E-state index is 9.56. The van der Waals surface area contributed by atoms with Gasteiger partial charge in [-0.3, -0.25) is 0 Å². The van der Waals surface area contributed by atoms with Gasteiger partial charge in [0, 0.05) is 10.0 Å². The molecule has 1 aromatic carbocycles. The molecule has 1 aromatic rings. The highest BCUT2D eigenvalue weighted by molar-refractivity contribution is 9.10. The normalized spacial score (nSPS) is 12.5. The average Bonchev–Trinajstić information content (AvgIpc) is 2.18. The van der Waals surface area contributed by atoms with Gasteiger partial charge in [-0.1, -0.05) is 35.3 Å². The van der Waals surface area contributed by atoms with Crippen LogP contribution in [0.15, 0.2) is 22.7 Å². The van der Waals surface area contributed by atoms with Gasteiger partial charge >= 0.3 is 0 Å². The second-order valence-electron chi connectivity index (χ2n) is 3.56. The molecule has 0 saturated carbocycles. The molecule has 0 saturated heterocycles. The molecule has 1 rings (SSSR count). The second kappa shape index (κ2) is 6.13. The topological polar surface area (TPSA) is 29.5 Å². The molecule has 0 bridgehead atoms. The standard InChI is InChI=1S/C12H17BrO2/c1-3-4-7-15-12-8-10(13)5-6-11(12)9(2)14/h5-6,8-9,14H,3-4,7H2,1-2H3. The molecule has 1 unspecified atom stereocenters. The highest BCUT2D eigenvalue weighted by Crippen LogP contribution is 2.28. The number of rotatable bonds is 5. The Hall–Kier alpha value is -0.540. The zero-order chi connectivity index (χ0) is 11.3. The quantitative estimate of drug-likeness (QED) is 0.829. The van der Waals surface area contributed by atoms with Gasteiger partial charge < -0.3 is 9.84 Å². The number of aliphatic hydroxyl groups excluding tert-OH is 1. The lowest BCUT2D eigenvalue weighted by Gasteiger charge is -2.13. The third kappa shape index (κ3) is 3.84. The van der Waals surface area contributed by atoms with E-state index in [0.717, 1.165) is 28.6 Å². The highest BCUT2D eigenvalue weighted by Gasteiger charge is 2.09. The van der Waals surface area contributed by atoms with E-state index in [-0.39, 0.29) is 0 Å². The van der Waals surface area contributed by atoms with Crippen LogP contribution in [0.4, 0.5) is 0 Å². The molecule has 1 atom stereocenters. The summed E-state index contributed by atoms with van der Waals surface area (Å²) in [6.07, 6.45) is 1.65. The van der Waals surface area contributed by atoms with Crippen molar-refractivity contribution in [3.05, 3.63) is 28.2 Å². The molecular formula is C12H17BrO2. The number of benzene rings is 1. The Balaban J connectivity index is 2.77. The van der Waals surface area contributed by atoms with Crippen molar-refractivity contribution in [3.63, 3.8) is 0 Å². The van der Waals surface area contributed by atoms with Gasteiger partial charge in [-0.05, 0) is 25.5 Å². The van der Waals surface area contributed by atoms with Crippen LogP contribution >= 0.6 is 15.9 Å². The van der Waals surface area contributed by atoms with Gasteiger partial charge in [-0.2, -0.15) is 0 Å². The van der Waals surface area contributed by atoms with E-state index in [1.165, 1.54) is 0 Å². The Morgan fingerprint density at radius 2 is 2.20 bits per heavy atom. The lowest BCUT2D eigenvalue weighted by Crippen LogP contribution is -2.02. The Morgan fingerprint density at radius 1 is 1.47 bits per heavy atom. The van der Waals surface area contributed by atoms with Crippen LogP contribution in [0.3, 0.4) is 0 Å². The molecule has 0 aliphatic rings. The maximum Gasteiger partial charge on any atom is 0.126 e. The maximum atomic E-state index is 9.56. The number of hydrogen-bond acceptors (Lipinski definition) is 2. The van der Waals surface area contributed by atoms with Gasteiger partial charge in [-0.25, -0.2) is 0 Å². The zero-order valence-electron chi connectivity index (χ0n) is 9.16. The largest absolute Gasteiger partial charge is 0.493 e. The van der Waals surface area contributed by atoms with E-state index >= 15 is 0 Å². The zero-order valence-corrected chi connectivity index (χ0v) is 10.8. The molecule has 0 amide bonds. The Bertz CT molecular complexity index is 310. The van der Waals surface area contributed by atoms with E-state index in [0.29, 0.717) is 6.61 Å². The van der Waals surface area contributed by atoms with E-state index in [2.05, 4.69) is 22.9 Å². The first kappa shape index (κ1) is 12.5. The van der Waals surface area contributed by atoms with Crippen LogP contribution in [0.1, 0.15) is 38.4 Å². The van der Waals surface area contributed by atoms with Gasteiger partial charge in [0.2, 0.25) is 0 Å². The van der Waals surface area contributed by atoms with E-state index in [4.69, 9.17) is 4.74 Å². The van der Waals surface area contributed by atoms with E-state index in [1.807, 2.05) is 18.2 Å². The SMILES string of the molecule is CCCCOc1cc(Br)ccc1C(C)O. The van der Waals surface area contributed by atoms with Crippen LogP contribution in [0.25, 0.3) is 0 Å². The summed E-state index contributed by atoms with van der Waals surface area (Å²) in [6, 6.07) is 5.70. The van der Waals surface area contributed by atoms with Crippen molar-refractivity contribution >= 4 is 15.9 Å². The van der Waals surface area contributed by atoms with Crippen molar-refractivity contribution in [2.75, 3.05) is 6.61 Å². The number of unbranched alkanes of at least 4 members (excludes halogenated alkanes) is 1. The van der Waals surface area contributed by atoms with Gasteiger partial charge in [0.1, 0.15) is 5.75 Å². The minimum atomic E-state index is -0.491. The van der Waals surface area contributed by atoms with Crippen molar-refractivity contribution in [2.24, 2.45) is 0 Å². The average molecular weight is 273 g/mol. The van der Waals surface area contributed by atoms with Crippen LogP contribution < -0.4 is 4.74 Å². The van der Waals surface area contributed by atoms with Gasteiger partial charge in [0.05, 0.1) is 12.7 Å². The first-order chi connectivity index (χ1) is 7.15. The van der Waals surface area contributed by atoms with Crippen molar-refractivity contribution in [1.82, 2.24) is 0 Å². The summed E-state index contributed by atoms with van der Waals surface area (Å²) < 4.78 is 6.60. The number of ether oxygens (including phenoxy) is 1. The summed E-state index contributed by atoms with van der Waals surface area (Å²) in [5.41, 5.74) is 0.842. The third-order valence-corrected chi connectivity index (χ3v) is 2.67. The third-order valence-electron chi connectivity index (χ3n) is 2.18. The molecule has 0 aliphatic carbocycles. The first-order valence-corrected chi connectivity index (χ1v) is 6.04. The van der Waals surface area contributed by atoms with Crippen molar-refractivity contribution in [1.29, 1.82) is 0 Å². The Kier molecular flexibility index (Phi) is 5.12. The lowest BCUT2D eigenvalue weighted by atomic mass is 10.1. The summed E-state index contributed by atoms with van der Waals surface area (Å²) in [4.78, 5) is 0. The molecule has 3 heteroatoms. The molecule has 0 spiro atoms. The Morgan fingerprint density at radius 3 is 2.80 bits per heavy atom. The van der Waals surface area contributed by atoms with Crippen molar-refractivity contribution in [2.45, 2.75) is 32.8 Å². The fourth-order valence-electron chi connectivity index (χ4n) is 1.30. The smallest absolute Gasteiger partial charge is 0.126 e. The minimum Gasteiger partial charge on any atom is -0.493 e. The predicted octanol–water partition coefficient (Wildman–Crippen LogP) is 3.68.